The molecule has 2 aromatic rings. The quantitative estimate of drug-likeness (QED) is 0.743. The van der Waals surface area contributed by atoms with Crippen LogP contribution in [0, 0.1) is 0 Å². The van der Waals surface area contributed by atoms with E-state index in [0.717, 1.165) is 0 Å². The van der Waals surface area contributed by atoms with Crippen molar-refractivity contribution >= 4 is 10.9 Å². The maximum Gasteiger partial charge on any atom is 0.0488 e. The van der Waals surface area contributed by atoms with E-state index in [2.05, 4.69) is 36.6 Å². The van der Waals surface area contributed by atoms with E-state index in [1.54, 1.807) is 22.2 Å². The summed E-state index contributed by atoms with van der Waals surface area (Å²) in [5.74, 6) is 0. The largest absolute Gasteiger partial charge is 0.344 e. The van der Waals surface area contributed by atoms with Crippen LogP contribution in [0.5, 0.6) is 0 Å². The highest BCUT2D eigenvalue weighted by atomic mass is 15.0. The van der Waals surface area contributed by atoms with E-state index >= 15 is 0 Å². The molecule has 0 N–H and O–H groups in total. The van der Waals surface area contributed by atoms with Crippen molar-refractivity contribution in [3.63, 3.8) is 0 Å². The Morgan fingerprint density at radius 1 is 1.11 bits per heavy atom. The Labute approximate surface area is 110 Å². The number of benzene rings is 1. The Morgan fingerprint density at radius 3 is 2.78 bits per heavy atom. The van der Waals surface area contributed by atoms with Gasteiger partial charge in [-0.3, -0.25) is 0 Å². The smallest absolute Gasteiger partial charge is 0.0488 e. The van der Waals surface area contributed by atoms with Crippen molar-refractivity contribution in [1.82, 2.24) is 4.57 Å². The van der Waals surface area contributed by atoms with Gasteiger partial charge in [0, 0.05) is 23.1 Å². The van der Waals surface area contributed by atoms with Gasteiger partial charge in [0.1, 0.15) is 0 Å². The summed E-state index contributed by atoms with van der Waals surface area (Å²) in [6.45, 7) is 5.74. The Kier molecular flexibility index (Phi) is 3.15. The molecule has 0 unspecified atom stereocenters. The number of rotatable bonds is 4. The summed E-state index contributed by atoms with van der Waals surface area (Å²) in [5.41, 5.74) is 6.37. The lowest BCUT2D eigenvalue weighted by atomic mass is 10.0. The van der Waals surface area contributed by atoms with Crippen molar-refractivity contribution in [1.29, 1.82) is 0 Å². The van der Waals surface area contributed by atoms with Crippen LogP contribution < -0.4 is 0 Å². The van der Waals surface area contributed by atoms with Crippen LogP contribution in [-0.2, 0) is 25.8 Å². The Balaban J connectivity index is 2.26. The number of hydrogen-bond acceptors (Lipinski definition) is 0. The summed E-state index contributed by atoms with van der Waals surface area (Å²) >= 11 is 0. The zero-order valence-electron chi connectivity index (χ0n) is 11.6. The van der Waals surface area contributed by atoms with Crippen LogP contribution in [-0.4, -0.2) is 4.57 Å². The second-order valence-electron chi connectivity index (χ2n) is 5.49. The third kappa shape index (κ3) is 1.68. The molecule has 0 spiro atoms. The van der Waals surface area contributed by atoms with Gasteiger partial charge in [-0.1, -0.05) is 32.4 Å². The highest BCUT2D eigenvalue weighted by Crippen LogP contribution is 2.35. The van der Waals surface area contributed by atoms with Crippen molar-refractivity contribution in [2.75, 3.05) is 0 Å². The molecule has 3 rings (SSSR count). The maximum atomic E-state index is 2.59. The molecule has 1 heterocycles. The number of aryl methyl sites for hydroxylation is 3. The standard InChI is InChI=1S/C17H23N/c1-3-7-13-8-5-11-16-17(13)14-9-6-10-15(14)18(16)12-4-2/h5,8,11H,3-4,6-7,9-10,12H2,1-2H3. The lowest BCUT2D eigenvalue weighted by Crippen LogP contribution is -2.00. The summed E-state index contributed by atoms with van der Waals surface area (Å²) in [7, 11) is 0. The lowest BCUT2D eigenvalue weighted by molar-refractivity contribution is 0.670. The van der Waals surface area contributed by atoms with Gasteiger partial charge < -0.3 is 4.57 Å². The van der Waals surface area contributed by atoms with Crippen LogP contribution in [0.4, 0.5) is 0 Å². The number of nitrogens with zero attached hydrogens (tertiary/aromatic N) is 1. The van der Waals surface area contributed by atoms with Gasteiger partial charge in [-0.2, -0.15) is 0 Å². The van der Waals surface area contributed by atoms with E-state index in [1.165, 1.54) is 50.6 Å². The predicted octanol–water partition coefficient (Wildman–Crippen LogP) is 4.49. The molecule has 96 valence electrons. The van der Waals surface area contributed by atoms with Crippen LogP contribution in [0.15, 0.2) is 18.2 Å². The van der Waals surface area contributed by atoms with Gasteiger partial charge >= 0.3 is 0 Å². The van der Waals surface area contributed by atoms with Gasteiger partial charge in [0.25, 0.3) is 0 Å². The Hall–Kier alpha value is -1.24. The first-order valence-corrected chi connectivity index (χ1v) is 7.48. The third-order valence-electron chi connectivity index (χ3n) is 4.20. The average Bonchev–Trinajstić information content (AvgIpc) is 2.93. The van der Waals surface area contributed by atoms with E-state index in [9.17, 15) is 0 Å². The number of fused-ring (bicyclic) bond motifs is 3. The molecule has 0 saturated carbocycles. The number of hydrogen-bond donors (Lipinski definition) is 0. The highest BCUT2D eigenvalue weighted by Gasteiger charge is 2.22. The molecule has 0 aliphatic heterocycles. The van der Waals surface area contributed by atoms with Crippen molar-refractivity contribution in [2.45, 2.75) is 58.9 Å². The molecule has 18 heavy (non-hydrogen) atoms. The molecule has 1 heteroatoms. The molecular formula is C17H23N. The number of aromatic nitrogens is 1. The Morgan fingerprint density at radius 2 is 2.00 bits per heavy atom. The third-order valence-corrected chi connectivity index (χ3v) is 4.20. The SMILES string of the molecule is CCCc1cccc2c1c1c(n2CCC)CCC1. The summed E-state index contributed by atoms with van der Waals surface area (Å²) in [5, 5.41) is 1.60. The molecule has 1 aromatic heterocycles. The molecule has 0 fully saturated rings. The molecular weight excluding hydrogens is 218 g/mol. The van der Waals surface area contributed by atoms with E-state index in [0.29, 0.717) is 0 Å². The molecule has 1 aliphatic rings. The van der Waals surface area contributed by atoms with Crippen molar-refractivity contribution < 1.29 is 0 Å². The highest BCUT2D eigenvalue weighted by molar-refractivity contribution is 5.89. The fourth-order valence-corrected chi connectivity index (χ4v) is 3.56. The molecule has 0 amide bonds. The molecule has 1 aliphatic carbocycles. The van der Waals surface area contributed by atoms with Crippen LogP contribution in [0.3, 0.4) is 0 Å². The second kappa shape index (κ2) is 4.79. The fourth-order valence-electron chi connectivity index (χ4n) is 3.56. The van der Waals surface area contributed by atoms with Crippen LogP contribution in [0.2, 0.25) is 0 Å². The normalized spacial score (nSPS) is 14.3. The summed E-state index contributed by atoms with van der Waals surface area (Å²) in [6, 6.07) is 6.90. The molecule has 0 atom stereocenters. The summed E-state index contributed by atoms with van der Waals surface area (Å²) in [4.78, 5) is 0. The minimum Gasteiger partial charge on any atom is -0.344 e. The second-order valence-corrected chi connectivity index (χ2v) is 5.49. The topological polar surface area (TPSA) is 4.93 Å². The minimum absolute atomic E-state index is 1.18. The molecule has 0 bridgehead atoms. The van der Waals surface area contributed by atoms with Gasteiger partial charge in [0.05, 0.1) is 0 Å². The van der Waals surface area contributed by atoms with Gasteiger partial charge in [-0.05, 0) is 49.3 Å². The first-order chi connectivity index (χ1) is 8.86. The first kappa shape index (κ1) is 11.8. The summed E-state index contributed by atoms with van der Waals surface area (Å²) < 4.78 is 2.59. The molecule has 0 radical (unpaired) electrons. The van der Waals surface area contributed by atoms with Crippen LogP contribution in [0.1, 0.15) is 49.9 Å². The Bertz CT molecular complexity index is 562. The van der Waals surface area contributed by atoms with Gasteiger partial charge in [-0.25, -0.2) is 0 Å². The van der Waals surface area contributed by atoms with E-state index in [4.69, 9.17) is 0 Å². The van der Waals surface area contributed by atoms with Gasteiger partial charge in [0.15, 0.2) is 0 Å². The van der Waals surface area contributed by atoms with E-state index in [1.807, 2.05) is 0 Å². The van der Waals surface area contributed by atoms with Gasteiger partial charge in [0.2, 0.25) is 0 Å². The molecule has 1 aromatic carbocycles. The maximum absolute atomic E-state index is 2.59. The summed E-state index contributed by atoms with van der Waals surface area (Å²) in [6.07, 6.45) is 7.63. The zero-order valence-corrected chi connectivity index (χ0v) is 11.6. The van der Waals surface area contributed by atoms with Gasteiger partial charge in [-0.15, -0.1) is 0 Å². The minimum atomic E-state index is 1.18. The van der Waals surface area contributed by atoms with Crippen molar-refractivity contribution in [2.24, 2.45) is 0 Å². The molecule has 1 nitrogen and oxygen atoms in total. The van der Waals surface area contributed by atoms with Crippen LogP contribution in [0.25, 0.3) is 10.9 Å². The zero-order chi connectivity index (χ0) is 12.5. The van der Waals surface area contributed by atoms with Crippen LogP contribution >= 0.6 is 0 Å². The van der Waals surface area contributed by atoms with E-state index < -0.39 is 0 Å². The van der Waals surface area contributed by atoms with Crippen molar-refractivity contribution in [3.8, 4) is 0 Å². The average molecular weight is 241 g/mol. The first-order valence-electron chi connectivity index (χ1n) is 7.48. The molecule has 0 saturated heterocycles. The van der Waals surface area contributed by atoms with Crippen molar-refractivity contribution in [3.05, 3.63) is 35.0 Å². The monoisotopic (exact) mass is 241 g/mol. The fraction of sp³-hybridized carbons (Fsp3) is 0.529. The lowest BCUT2D eigenvalue weighted by Gasteiger charge is -2.08. The predicted molar refractivity (Wildman–Crippen MR) is 78.2 cm³/mol. The van der Waals surface area contributed by atoms with E-state index in [-0.39, 0.29) is 0 Å².